The minimum atomic E-state index is -6.05. The summed E-state index contributed by atoms with van der Waals surface area (Å²) in [6.45, 7) is 1.41. The van der Waals surface area contributed by atoms with Crippen LogP contribution in [0.3, 0.4) is 0 Å². The van der Waals surface area contributed by atoms with Crippen molar-refractivity contribution in [1.29, 1.82) is 0 Å². The van der Waals surface area contributed by atoms with Crippen LogP contribution in [0.25, 0.3) is 0 Å². The second-order valence-electron chi connectivity index (χ2n) is 3.43. The lowest BCUT2D eigenvalue weighted by molar-refractivity contribution is -0.267. The van der Waals surface area contributed by atoms with E-state index in [4.69, 9.17) is 5.11 Å². The maximum absolute atomic E-state index is 12.7. The Kier molecular flexibility index (Phi) is 3.84. The van der Waals surface area contributed by atoms with Gasteiger partial charge in [-0.15, -0.1) is 11.3 Å². The normalized spacial score (nSPS) is 12.3. The third-order valence-electron chi connectivity index (χ3n) is 1.95. The Morgan fingerprint density at radius 2 is 1.79 bits per heavy atom. The average molecular weight is 303 g/mol. The number of carboxylic acid groups (broad SMARTS) is 1. The molecular formula is C9H6F5NO3S. The van der Waals surface area contributed by atoms with E-state index in [1.807, 2.05) is 0 Å². The number of halogens is 5. The zero-order valence-corrected chi connectivity index (χ0v) is 9.96. The van der Waals surface area contributed by atoms with Crippen LogP contribution in [0, 0.1) is 6.92 Å². The number of aromatic carboxylic acids is 1. The zero-order valence-electron chi connectivity index (χ0n) is 9.14. The second-order valence-corrected chi connectivity index (χ2v) is 4.69. The van der Waals surface area contributed by atoms with Crippen LogP contribution in [0.2, 0.25) is 0 Å². The van der Waals surface area contributed by atoms with Crippen molar-refractivity contribution in [2.24, 2.45) is 0 Å². The molecule has 1 rings (SSSR count). The molecule has 0 atom stereocenters. The van der Waals surface area contributed by atoms with Crippen LogP contribution in [-0.4, -0.2) is 29.1 Å². The van der Waals surface area contributed by atoms with E-state index >= 15 is 0 Å². The summed E-state index contributed by atoms with van der Waals surface area (Å²) in [5.41, 5.74) is -0.547. The van der Waals surface area contributed by atoms with Gasteiger partial charge in [0, 0.05) is 4.88 Å². The first-order valence-corrected chi connectivity index (χ1v) is 5.38. The molecule has 0 fully saturated rings. The average Bonchev–Trinajstić information content (AvgIpc) is 2.57. The number of carbonyl (C=O) groups is 2. The molecule has 10 heteroatoms. The molecular weight excluding hydrogens is 297 g/mol. The van der Waals surface area contributed by atoms with Crippen LogP contribution in [0.1, 0.15) is 15.2 Å². The summed E-state index contributed by atoms with van der Waals surface area (Å²) >= 11 is 0.584. The predicted octanol–water partition coefficient (Wildman–Crippen LogP) is 2.89. The van der Waals surface area contributed by atoms with Gasteiger partial charge in [-0.1, -0.05) is 0 Å². The van der Waals surface area contributed by atoms with Gasteiger partial charge in [0.2, 0.25) is 0 Å². The van der Waals surface area contributed by atoms with Gasteiger partial charge < -0.3 is 10.4 Å². The van der Waals surface area contributed by atoms with Gasteiger partial charge in [0.1, 0.15) is 5.00 Å². The number of rotatable bonds is 3. The lowest BCUT2D eigenvalue weighted by Crippen LogP contribution is -2.47. The van der Waals surface area contributed by atoms with Crippen LogP contribution < -0.4 is 5.32 Å². The summed E-state index contributed by atoms with van der Waals surface area (Å²) in [6, 6.07) is 1.05. The maximum Gasteiger partial charge on any atom is 0.463 e. The van der Waals surface area contributed by atoms with Crippen LogP contribution >= 0.6 is 11.3 Å². The first kappa shape index (κ1) is 15.3. The minimum Gasteiger partial charge on any atom is -0.478 e. The molecule has 19 heavy (non-hydrogen) atoms. The molecule has 4 nitrogen and oxygen atoms in total. The molecule has 1 amide bonds. The lowest BCUT2D eigenvalue weighted by atomic mass is 10.2. The molecule has 0 unspecified atom stereocenters. The largest absolute Gasteiger partial charge is 0.478 e. The van der Waals surface area contributed by atoms with Gasteiger partial charge >= 0.3 is 24.0 Å². The Bertz CT molecular complexity index is 522. The van der Waals surface area contributed by atoms with Gasteiger partial charge in [0.15, 0.2) is 0 Å². The van der Waals surface area contributed by atoms with Gasteiger partial charge in [-0.25, -0.2) is 4.79 Å². The standard InChI is InChI=1S/C9H6F5NO3S/c1-3-2-4(6(16)17)5(19-3)15-7(18)8(10,11)9(12,13)14/h2H,1H3,(H,15,18)(H,16,17). The van der Waals surface area contributed by atoms with Crippen LogP contribution in [-0.2, 0) is 4.79 Å². The van der Waals surface area contributed by atoms with E-state index < -0.39 is 34.5 Å². The van der Waals surface area contributed by atoms with E-state index in [1.165, 1.54) is 12.2 Å². The Morgan fingerprint density at radius 3 is 2.21 bits per heavy atom. The van der Waals surface area contributed by atoms with Gasteiger partial charge in [-0.2, -0.15) is 22.0 Å². The van der Waals surface area contributed by atoms with Crippen molar-refractivity contribution >= 4 is 28.2 Å². The molecule has 0 radical (unpaired) electrons. The highest BCUT2D eigenvalue weighted by atomic mass is 32.1. The number of hydrogen-bond acceptors (Lipinski definition) is 3. The molecule has 2 N–H and O–H groups in total. The Balaban J connectivity index is 3.04. The fourth-order valence-electron chi connectivity index (χ4n) is 1.08. The lowest BCUT2D eigenvalue weighted by Gasteiger charge is -2.18. The minimum absolute atomic E-state index is 0.336. The molecule has 1 heterocycles. The first-order valence-electron chi connectivity index (χ1n) is 4.56. The van der Waals surface area contributed by atoms with Crippen molar-refractivity contribution in [3.8, 4) is 0 Å². The van der Waals surface area contributed by atoms with Crippen LogP contribution in [0.15, 0.2) is 6.07 Å². The predicted molar refractivity (Wildman–Crippen MR) is 55.6 cm³/mol. The van der Waals surface area contributed by atoms with Crippen molar-refractivity contribution in [2.75, 3.05) is 5.32 Å². The van der Waals surface area contributed by atoms with Gasteiger partial charge in [-0.3, -0.25) is 4.79 Å². The highest BCUT2D eigenvalue weighted by molar-refractivity contribution is 7.16. The number of alkyl halides is 5. The third kappa shape index (κ3) is 3.00. The Morgan fingerprint density at radius 1 is 1.26 bits per heavy atom. The van der Waals surface area contributed by atoms with Gasteiger partial charge in [0.25, 0.3) is 0 Å². The maximum atomic E-state index is 12.7. The fourth-order valence-corrected chi connectivity index (χ4v) is 1.97. The molecule has 1 aromatic heterocycles. The number of anilines is 1. The Labute approximate surface area is 106 Å². The number of carboxylic acids is 1. The number of carbonyl (C=O) groups excluding carboxylic acids is 1. The van der Waals surface area contributed by atoms with Crippen molar-refractivity contribution < 1.29 is 36.6 Å². The van der Waals surface area contributed by atoms with Crippen molar-refractivity contribution in [3.05, 3.63) is 16.5 Å². The smallest absolute Gasteiger partial charge is 0.463 e. The first-order chi connectivity index (χ1) is 8.46. The molecule has 106 valence electrons. The summed E-state index contributed by atoms with van der Waals surface area (Å²) in [4.78, 5) is 21.9. The van der Waals surface area contributed by atoms with E-state index in [0.717, 1.165) is 6.07 Å². The van der Waals surface area contributed by atoms with Crippen molar-refractivity contribution in [2.45, 2.75) is 19.0 Å². The SMILES string of the molecule is Cc1cc(C(=O)O)c(NC(=O)C(F)(F)C(F)(F)F)s1. The van der Waals surface area contributed by atoms with E-state index in [2.05, 4.69) is 0 Å². The third-order valence-corrected chi connectivity index (χ3v) is 2.92. The Hall–Kier alpha value is -1.71. The van der Waals surface area contributed by atoms with Crippen molar-refractivity contribution in [1.82, 2.24) is 0 Å². The number of nitrogens with one attached hydrogen (secondary N) is 1. The summed E-state index contributed by atoms with van der Waals surface area (Å²) in [6.07, 6.45) is -6.05. The fraction of sp³-hybridized carbons (Fsp3) is 0.333. The molecule has 0 saturated heterocycles. The van der Waals surface area contributed by atoms with E-state index in [0.29, 0.717) is 16.2 Å². The number of thiophene rings is 1. The molecule has 1 aromatic rings. The molecule has 0 aliphatic rings. The van der Waals surface area contributed by atoms with E-state index in [-0.39, 0.29) is 0 Å². The number of amides is 1. The summed E-state index contributed by atoms with van der Waals surface area (Å²) in [5, 5.41) is 9.42. The summed E-state index contributed by atoms with van der Waals surface area (Å²) in [5.74, 6) is -9.76. The van der Waals surface area contributed by atoms with Gasteiger partial charge in [0.05, 0.1) is 5.56 Å². The second kappa shape index (κ2) is 4.76. The highest BCUT2D eigenvalue weighted by Crippen LogP contribution is 2.37. The topological polar surface area (TPSA) is 66.4 Å². The molecule has 0 aromatic carbocycles. The van der Waals surface area contributed by atoms with Crippen LogP contribution in [0.5, 0.6) is 0 Å². The van der Waals surface area contributed by atoms with Gasteiger partial charge in [-0.05, 0) is 13.0 Å². The molecule has 0 aliphatic heterocycles. The van der Waals surface area contributed by atoms with Crippen LogP contribution in [0.4, 0.5) is 27.0 Å². The van der Waals surface area contributed by atoms with E-state index in [9.17, 15) is 31.5 Å². The molecule has 0 bridgehead atoms. The number of aryl methyl sites for hydroxylation is 1. The summed E-state index contributed by atoms with van der Waals surface area (Å²) < 4.78 is 61.1. The van der Waals surface area contributed by atoms with E-state index in [1.54, 1.807) is 0 Å². The molecule has 0 spiro atoms. The molecule has 0 aliphatic carbocycles. The summed E-state index contributed by atoms with van der Waals surface area (Å²) in [7, 11) is 0. The number of hydrogen-bond donors (Lipinski definition) is 2. The van der Waals surface area contributed by atoms with Crippen molar-refractivity contribution in [3.63, 3.8) is 0 Å². The molecule has 0 saturated carbocycles. The quantitative estimate of drug-likeness (QED) is 0.844. The zero-order chi connectivity index (χ0) is 15.0. The monoisotopic (exact) mass is 303 g/mol. The highest BCUT2D eigenvalue weighted by Gasteiger charge is 2.63.